The predicted octanol–water partition coefficient (Wildman–Crippen LogP) is 5.54. The molecular weight excluding hydrogens is 644 g/mol. The molecule has 2 aromatic heterocycles. The van der Waals surface area contributed by atoms with Crippen molar-refractivity contribution >= 4 is 29.3 Å². The molecule has 0 saturated carbocycles. The van der Waals surface area contributed by atoms with Crippen molar-refractivity contribution in [2.45, 2.75) is 37.1 Å². The van der Waals surface area contributed by atoms with Crippen LogP contribution in [0.3, 0.4) is 0 Å². The quantitative estimate of drug-likeness (QED) is 0.150. The topological polar surface area (TPSA) is 133 Å². The van der Waals surface area contributed by atoms with Crippen molar-refractivity contribution in [2.75, 3.05) is 27.1 Å². The van der Waals surface area contributed by atoms with Crippen LogP contribution in [0, 0.1) is 0 Å². The number of aryl methyl sites for hydroxylation is 1. The highest BCUT2D eigenvalue weighted by Gasteiger charge is 2.36. The summed E-state index contributed by atoms with van der Waals surface area (Å²) in [5.74, 6) is 2.09. The molecule has 2 amide bonds. The molecule has 0 saturated heterocycles. The van der Waals surface area contributed by atoms with Gasteiger partial charge in [-0.1, -0.05) is 54.2 Å². The minimum Gasteiger partial charge on any atom is -0.497 e. The number of thioether (sulfide) groups is 1. The Labute approximate surface area is 288 Å². The molecule has 3 aromatic carbocycles. The molecule has 5 aromatic rings. The number of para-hydroxylation sites is 1. The number of hydrogen-bond donors (Lipinski definition) is 1. The van der Waals surface area contributed by atoms with Gasteiger partial charge in [-0.3, -0.25) is 9.59 Å². The first-order chi connectivity index (χ1) is 24.0. The second-order valence-corrected chi connectivity index (χ2v) is 12.0. The molecular formula is C36H36N6O6S. The molecule has 3 heterocycles. The van der Waals surface area contributed by atoms with Gasteiger partial charge in [-0.2, -0.15) is 5.10 Å². The van der Waals surface area contributed by atoms with E-state index in [1.54, 1.807) is 33.5 Å². The minimum atomic E-state index is -0.432. The van der Waals surface area contributed by atoms with Gasteiger partial charge in [0.05, 0.1) is 51.6 Å². The van der Waals surface area contributed by atoms with Crippen LogP contribution in [0.25, 0.3) is 0 Å². The number of rotatable bonds is 14. The normalized spacial score (nSPS) is 14.0. The van der Waals surface area contributed by atoms with Gasteiger partial charge in [-0.15, -0.1) is 10.2 Å². The molecule has 0 aliphatic carbocycles. The van der Waals surface area contributed by atoms with Gasteiger partial charge in [0.25, 0.3) is 11.8 Å². The van der Waals surface area contributed by atoms with Crippen LogP contribution < -0.4 is 19.5 Å². The number of amides is 2. The number of hydrogen-bond acceptors (Lipinski definition) is 10. The highest BCUT2D eigenvalue weighted by Crippen LogP contribution is 2.42. The van der Waals surface area contributed by atoms with E-state index >= 15 is 0 Å². The van der Waals surface area contributed by atoms with Crippen LogP contribution in [0.4, 0.5) is 0 Å². The maximum atomic E-state index is 14.1. The minimum absolute atomic E-state index is 0.0460. The van der Waals surface area contributed by atoms with E-state index in [2.05, 4.69) is 27.6 Å². The van der Waals surface area contributed by atoms with Crippen molar-refractivity contribution in [3.63, 3.8) is 0 Å². The SMILES string of the molecule is COc1ccc(C2=NN(C(=O)CSc3nnc(CNC(=O)c4ccco4)n3CCc3ccccc3)[C@@H](c3cccc(OC)c3OC)C2)cc1. The molecule has 49 heavy (non-hydrogen) atoms. The zero-order chi connectivity index (χ0) is 34.2. The molecule has 1 aliphatic heterocycles. The Bertz CT molecular complexity index is 1910. The smallest absolute Gasteiger partial charge is 0.287 e. The van der Waals surface area contributed by atoms with E-state index in [1.807, 2.05) is 65.2 Å². The lowest BCUT2D eigenvalue weighted by Crippen LogP contribution is -2.29. The summed E-state index contributed by atoms with van der Waals surface area (Å²) in [5, 5.41) is 18.6. The number of nitrogens with one attached hydrogen (secondary N) is 1. The lowest BCUT2D eigenvalue weighted by Gasteiger charge is -2.24. The number of carbonyl (C=O) groups excluding carboxylic acids is 2. The summed E-state index contributed by atoms with van der Waals surface area (Å²) < 4.78 is 23.8. The molecule has 0 bridgehead atoms. The van der Waals surface area contributed by atoms with Gasteiger partial charge in [-0.05, 0) is 60.0 Å². The molecule has 0 spiro atoms. The summed E-state index contributed by atoms with van der Waals surface area (Å²) in [6.07, 6.45) is 2.63. The Morgan fingerprint density at radius 2 is 1.73 bits per heavy atom. The number of methoxy groups -OCH3 is 3. The first kappa shape index (κ1) is 33.3. The molecule has 1 aliphatic rings. The summed E-state index contributed by atoms with van der Waals surface area (Å²) in [5.41, 5.74) is 3.57. The second-order valence-electron chi connectivity index (χ2n) is 11.1. The van der Waals surface area contributed by atoms with E-state index in [1.165, 1.54) is 23.0 Å². The third-order valence-electron chi connectivity index (χ3n) is 8.12. The van der Waals surface area contributed by atoms with Crippen LogP contribution in [0.5, 0.6) is 17.2 Å². The van der Waals surface area contributed by atoms with E-state index in [0.29, 0.717) is 41.9 Å². The van der Waals surface area contributed by atoms with Crippen molar-refractivity contribution in [3.05, 3.63) is 119 Å². The van der Waals surface area contributed by atoms with Crippen LogP contribution in [0.1, 0.15) is 45.5 Å². The number of ether oxygens (including phenoxy) is 3. The Kier molecular flexibility index (Phi) is 10.6. The maximum Gasteiger partial charge on any atom is 0.287 e. The third-order valence-corrected chi connectivity index (χ3v) is 9.07. The van der Waals surface area contributed by atoms with Gasteiger partial charge in [-0.25, -0.2) is 5.01 Å². The predicted molar refractivity (Wildman–Crippen MR) is 184 cm³/mol. The van der Waals surface area contributed by atoms with Crippen LogP contribution in [0.15, 0.2) is 106 Å². The molecule has 0 unspecified atom stereocenters. The third kappa shape index (κ3) is 7.62. The van der Waals surface area contributed by atoms with E-state index < -0.39 is 6.04 Å². The summed E-state index contributed by atoms with van der Waals surface area (Å²) in [4.78, 5) is 26.6. The zero-order valence-electron chi connectivity index (χ0n) is 27.4. The number of furan rings is 1. The van der Waals surface area contributed by atoms with Gasteiger partial charge in [0.15, 0.2) is 28.2 Å². The Balaban J connectivity index is 1.25. The molecule has 252 valence electrons. The maximum absolute atomic E-state index is 14.1. The van der Waals surface area contributed by atoms with E-state index in [0.717, 1.165) is 28.2 Å². The van der Waals surface area contributed by atoms with Gasteiger partial charge < -0.3 is 28.5 Å². The van der Waals surface area contributed by atoms with Crippen LogP contribution >= 0.6 is 11.8 Å². The number of hydrazone groups is 1. The first-order valence-corrected chi connectivity index (χ1v) is 16.6. The molecule has 1 N–H and O–H groups in total. The van der Waals surface area contributed by atoms with Gasteiger partial charge >= 0.3 is 0 Å². The fourth-order valence-corrected chi connectivity index (χ4v) is 6.46. The second kappa shape index (κ2) is 15.6. The van der Waals surface area contributed by atoms with Crippen LogP contribution in [-0.4, -0.2) is 64.4 Å². The van der Waals surface area contributed by atoms with E-state index in [-0.39, 0.29) is 29.9 Å². The lowest BCUT2D eigenvalue weighted by atomic mass is 9.97. The first-order valence-electron chi connectivity index (χ1n) is 15.6. The van der Waals surface area contributed by atoms with Crippen molar-refractivity contribution in [1.82, 2.24) is 25.1 Å². The van der Waals surface area contributed by atoms with Crippen LogP contribution in [-0.2, 0) is 24.3 Å². The average Bonchev–Trinajstić information content (AvgIpc) is 3.93. The number of carbonyl (C=O) groups is 2. The average molecular weight is 681 g/mol. The zero-order valence-corrected chi connectivity index (χ0v) is 28.2. The van der Waals surface area contributed by atoms with Crippen LogP contribution in [0.2, 0.25) is 0 Å². The molecule has 0 fully saturated rings. The van der Waals surface area contributed by atoms with E-state index in [9.17, 15) is 9.59 Å². The summed E-state index contributed by atoms with van der Waals surface area (Å²) in [6.45, 7) is 0.682. The summed E-state index contributed by atoms with van der Waals surface area (Å²) in [6, 6.07) is 26.1. The van der Waals surface area contributed by atoms with Gasteiger partial charge in [0.1, 0.15) is 5.75 Å². The summed E-state index contributed by atoms with van der Waals surface area (Å²) in [7, 11) is 4.79. The molecule has 1 atom stereocenters. The fraction of sp³-hybridized carbons (Fsp3) is 0.250. The Morgan fingerprint density at radius 1 is 0.918 bits per heavy atom. The Morgan fingerprint density at radius 3 is 2.45 bits per heavy atom. The van der Waals surface area contributed by atoms with Crippen molar-refractivity contribution in [1.29, 1.82) is 0 Å². The number of benzene rings is 3. The van der Waals surface area contributed by atoms with Crippen molar-refractivity contribution in [2.24, 2.45) is 5.10 Å². The fourth-order valence-electron chi connectivity index (χ4n) is 5.63. The Hall–Kier alpha value is -5.56. The standard InChI is InChI=1S/C36H36N6O6S/c1-45-26-16-14-25(15-17-26)28-21-29(27-11-7-12-30(46-2)34(27)47-3)42(40-28)33(43)23-49-36-39-38-32(22-37-35(44)31-13-8-20-48-31)41(36)19-18-24-9-5-4-6-10-24/h4-17,20,29H,18-19,21-23H2,1-3H3,(H,37,44)/t29-/m1/s1. The van der Waals surface area contributed by atoms with Crippen molar-refractivity contribution in [3.8, 4) is 17.2 Å². The van der Waals surface area contributed by atoms with Crippen molar-refractivity contribution < 1.29 is 28.2 Å². The largest absolute Gasteiger partial charge is 0.497 e. The number of nitrogens with zero attached hydrogens (tertiary/aromatic N) is 5. The molecule has 12 nitrogen and oxygen atoms in total. The van der Waals surface area contributed by atoms with Gasteiger partial charge in [0, 0.05) is 18.5 Å². The number of aromatic nitrogens is 3. The molecule has 6 rings (SSSR count). The lowest BCUT2D eigenvalue weighted by molar-refractivity contribution is -0.130. The van der Waals surface area contributed by atoms with E-state index in [4.69, 9.17) is 23.7 Å². The highest BCUT2D eigenvalue weighted by molar-refractivity contribution is 7.99. The summed E-state index contributed by atoms with van der Waals surface area (Å²) >= 11 is 1.27. The van der Waals surface area contributed by atoms with Gasteiger partial charge in [0.2, 0.25) is 0 Å². The highest BCUT2D eigenvalue weighted by atomic mass is 32.2. The monoisotopic (exact) mass is 680 g/mol. The molecule has 0 radical (unpaired) electrons. The molecule has 13 heteroatoms.